The summed E-state index contributed by atoms with van der Waals surface area (Å²) < 4.78 is 0. The van der Waals surface area contributed by atoms with Crippen molar-refractivity contribution in [3.8, 4) is 0 Å². The van der Waals surface area contributed by atoms with Crippen molar-refractivity contribution in [3.05, 3.63) is 155 Å². The zero-order valence-corrected chi connectivity index (χ0v) is 18.7. The van der Waals surface area contributed by atoms with E-state index in [4.69, 9.17) is 0 Å². The van der Waals surface area contributed by atoms with Crippen LogP contribution in [0.2, 0.25) is 0 Å². The highest BCUT2D eigenvalue weighted by Gasteiger charge is 2.43. The monoisotopic (exact) mass is 415 g/mol. The molecule has 0 bridgehead atoms. The minimum Gasteiger partial charge on any atom is -0.0751 e. The summed E-state index contributed by atoms with van der Waals surface area (Å²) in [5, 5.41) is 0. The molecule has 0 aliphatic heterocycles. The molecule has 4 aromatic carbocycles. The standard InChI is InChI=1S/C30H27Si/c1-4-12-25(13-5-1)22-31(23-26-14-6-2-7-15-26,24-27-16-8-3-9-17-27)30-21-20-28-18-10-11-19-29(28)30/h1-21H,22-24H2. The summed E-state index contributed by atoms with van der Waals surface area (Å²) in [5.41, 5.74) is 8.75. The molecule has 0 unspecified atom stereocenters. The fourth-order valence-corrected chi connectivity index (χ4v) is 10.3. The van der Waals surface area contributed by atoms with Crippen LogP contribution in [0.3, 0.4) is 0 Å². The molecule has 0 amide bonds. The van der Waals surface area contributed by atoms with Crippen molar-refractivity contribution in [2.45, 2.75) is 18.1 Å². The molecule has 0 saturated carbocycles. The number of rotatable bonds is 7. The highest BCUT2D eigenvalue weighted by Crippen LogP contribution is 2.41. The second kappa shape index (κ2) is 8.91. The molecule has 0 N–H and O–H groups in total. The first kappa shape index (κ1) is 19.8. The molecule has 0 saturated heterocycles. The van der Waals surface area contributed by atoms with Gasteiger partial charge in [0, 0.05) is 5.54 Å². The average molecular weight is 416 g/mol. The van der Waals surface area contributed by atoms with Crippen molar-refractivity contribution in [1.29, 1.82) is 0 Å². The largest absolute Gasteiger partial charge is 0.0836 e. The molecule has 1 aliphatic carbocycles. The highest BCUT2D eigenvalue weighted by molar-refractivity contribution is 6.85. The van der Waals surface area contributed by atoms with Crippen LogP contribution in [0, 0.1) is 5.54 Å². The van der Waals surface area contributed by atoms with Gasteiger partial charge in [-0.05, 0) is 29.3 Å². The highest BCUT2D eigenvalue weighted by atomic mass is 28.3. The van der Waals surface area contributed by atoms with E-state index in [2.05, 4.69) is 127 Å². The normalized spacial score (nSPS) is 13.3. The van der Waals surface area contributed by atoms with Crippen LogP contribution in [0.15, 0.2) is 121 Å². The van der Waals surface area contributed by atoms with E-state index in [1.807, 2.05) is 0 Å². The number of benzene rings is 4. The van der Waals surface area contributed by atoms with Gasteiger partial charge < -0.3 is 0 Å². The quantitative estimate of drug-likeness (QED) is 0.286. The molecule has 151 valence electrons. The van der Waals surface area contributed by atoms with Gasteiger partial charge in [0.05, 0.1) is 8.07 Å². The van der Waals surface area contributed by atoms with Crippen LogP contribution in [0.5, 0.6) is 0 Å². The lowest BCUT2D eigenvalue weighted by Gasteiger charge is -2.38. The van der Waals surface area contributed by atoms with Gasteiger partial charge in [0.25, 0.3) is 0 Å². The molecule has 1 heteroatoms. The van der Waals surface area contributed by atoms with E-state index in [1.54, 1.807) is 5.54 Å². The van der Waals surface area contributed by atoms with Gasteiger partial charge in [-0.1, -0.05) is 144 Å². The number of fused-ring (bicyclic) bond motifs is 1. The average Bonchev–Trinajstić information content (AvgIpc) is 3.26. The Balaban J connectivity index is 1.65. The molecule has 0 heterocycles. The number of allylic oxidation sites excluding steroid dienone is 1. The first-order valence-corrected chi connectivity index (χ1v) is 13.7. The predicted molar refractivity (Wildman–Crippen MR) is 134 cm³/mol. The Morgan fingerprint density at radius 3 is 1.32 bits per heavy atom. The summed E-state index contributed by atoms with van der Waals surface area (Å²) in [5.74, 6) is 0. The summed E-state index contributed by atoms with van der Waals surface area (Å²) in [6.45, 7) is 0. The van der Waals surface area contributed by atoms with Crippen molar-refractivity contribution in [2.75, 3.05) is 0 Å². The Labute approximate surface area is 186 Å². The van der Waals surface area contributed by atoms with E-state index >= 15 is 0 Å². The molecular weight excluding hydrogens is 388 g/mol. The maximum atomic E-state index is 2.44. The van der Waals surface area contributed by atoms with Crippen molar-refractivity contribution in [3.63, 3.8) is 0 Å². The van der Waals surface area contributed by atoms with Crippen LogP contribution in [0.25, 0.3) is 6.08 Å². The van der Waals surface area contributed by atoms with Gasteiger partial charge in [-0.15, -0.1) is 0 Å². The van der Waals surface area contributed by atoms with Gasteiger partial charge in [-0.2, -0.15) is 0 Å². The van der Waals surface area contributed by atoms with E-state index in [0.29, 0.717) is 0 Å². The third-order valence-corrected chi connectivity index (χ3v) is 11.2. The zero-order valence-electron chi connectivity index (χ0n) is 17.7. The molecule has 31 heavy (non-hydrogen) atoms. The minimum atomic E-state index is -2.01. The Morgan fingerprint density at radius 2 is 0.839 bits per heavy atom. The van der Waals surface area contributed by atoms with Gasteiger partial charge in [0.1, 0.15) is 0 Å². The first-order valence-electron chi connectivity index (χ1n) is 11.1. The molecule has 1 radical (unpaired) electrons. The second-order valence-electron chi connectivity index (χ2n) is 8.60. The smallest absolute Gasteiger partial charge is 0.0751 e. The number of hydrogen-bond acceptors (Lipinski definition) is 0. The Morgan fingerprint density at radius 1 is 0.419 bits per heavy atom. The van der Waals surface area contributed by atoms with E-state index < -0.39 is 8.07 Å². The van der Waals surface area contributed by atoms with Crippen molar-refractivity contribution in [2.24, 2.45) is 0 Å². The third-order valence-electron chi connectivity index (χ3n) is 6.41. The molecule has 0 aromatic heterocycles. The van der Waals surface area contributed by atoms with Crippen LogP contribution in [-0.2, 0) is 18.1 Å². The summed E-state index contributed by atoms with van der Waals surface area (Å²) in [6.07, 6.45) is 4.76. The van der Waals surface area contributed by atoms with Crippen molar-refractivity contribution in [1.82, 2.24) is 0 Å². The second-order valence-corrected chi connectivity index (χ2v) is 12.8. The maximum Gasteiger partial charge on any atom is 0.0836 e. The van der Waals surface area contributed by atoms with Crippen molar-refractivity contribution >= 4 is 14.1 Å². The topological polar surface area (TPSA) is 0 Å². The van der Waals surface area contributed by atoms with Crippen LogP contribution in [-0.4, -0.2) is 8.07 Å². The lowest BCUT2D eigenvalue weighted by molar-refractivity contribution is 1.10. The van der Waals surface area contributed by atoms with Gasteiger partial charge in [0.2, 0.25) is 0 Å². The first-order chi connectivity index (χ1) is 15.3. The lowest BCUT2D eigenvalue weighted by Crippen LogP contribution is -2.49. The van der Waals surface area contributed by atoms with Crippen molar-refractivity contribution < 1.29 is 0 Å². The third kappa shape index (κ3) is 4.33. The van der Waals surface area contributed by atoms with Crippen LogP contribution < -0.4 is 0 Å². The van der Waals surface area contributed by atoms with Gasteiger partial charge in [-0.3, -0.25) is 0 Å². The van der Waals surface area contributed by atoms with Crippen LogP contribution in [0.4, 0.5) is 0 Å². The lowest BCUT2D eigenvalue weighted by atomic mass is 10.1. The SMILES string of the molecule is C1=Cc2ccccc2[C]1[Si](Cc1ccccc1)(Cc1ccccc1)Cc1ccccc1. The molecule has 5 rings (SSSR count). The van der Waals surface area contributed by atoms with E-state index in [-0.39, 0.29) is 0 Å². The molecule has 0 nitrogen and oxygen atoms in total. The maximum absolute atomic E-state index is 2.44. The Hall–Kier alpha value is -3.16. The summed E-state index contributed by atoms with van der Waals surface area (Å²) in [7, 11) is -2.01. The Kier molecular flexibility index (Phi) is 5.69. The molecular formula is C30H27Si. The van der Waals surface area contributed by atoms with Crippen LogP contribution in [0.1, 0.15) is 27.8 Å². The van der Waals surface area contributed by atoms with E-state index in [1.165, 1.54) is 27.8 Å². The molecule has 0 fully saturated rings. The fourth-order valence-electron chi connectivity index (χ4n) is 5.05. The summed E-state index contributed by atoms with van der Waals surface area (Å²) in [6, 6.07) is 45.7. The van der Waals surface area contributed by atoms with Gasteiger partial charge in [-0.25, -0.2) is 0 Å². The zero-order chi connectivity index (χ0) is 20.9. The minimum absolute atomic E-state index is 1.14. The summed E-state index contributed by atoms with van der Waals surface area (Å²) >= 11 is 0. The predicted octanol–water partition coefficient (Wildman–Crippen LogP) is 6.97. The van der Waals surface area contributed by atoms with E-state index in [0.717, 1.165) is 18.1 Å². The summed E-state index contributed by atoms with van der Waals surface area (Å²) in [4.78, 5) is 0. The van der Waals surface area contributed by atoms with Gasteiger partial charge in [0.15, 0.2) is 0 Å². The molecule has 0 atom stereocenters. The molecule has 0 spiro atoms. The van der Waals surface area contributed by atoms with Crippen LogP contribution >= 0.6 is 0 Å². The van der Waals surface area contributed by atoms with E-state index in [9.17, 15) is 0 Å². The number of hydrogen-bond donors (Lipinski definition) is 0. The Bertz CT molecular complexity index is 1050. The fraction of sp³-hybridized carbons (Fsp3) is 0.100. The molecule has 1 aliphatic rings. The molecule has 4 aromatic rings. The van der Waals surface area contributed by atoms with Gasteiger partial charge >= 0.3 is 0 Å².